The molecule has 1 fully saturated rings. The number of hydrogen-bond donors (Lipinski definition) is 0. The standard InChI is InChI=1S/C13H22O2/c1-6-8(2)13(14)15-12-7-9(3)10(4)11(12)5/h9-12H,2,6-7H2,1,3-5H3. The Bertz CT molecular complexity index is 257. The van der Waals surface area contributed by atoms with Crippen LogP contribution in [0.4, 0.5) is 0 Å². The van der Waals surface area contributed by atoms with Crippen LogP contribution in [0.2, 0.25) is 0 Å². The van der Waals surface area contributed by atoms with E-state index in [0.717, 1.165) is 6.42 Å². The van der Waals surface area contributed by atoms with Crippen molar-refractivity contribution in [3.63, 3.8) is 0 Å². The Labute approximate surface area is 92.7 Å². The normalized spacial score (nSPS) is 35.2. The fraction of sp³-hybridized carbons (Fsp3) is 0.769. The van der Waals surface area contributed by atoms with Gasteiger partial charge in [-0.05, 0) is 30.6 Å². The van der Waals surface area contributed by atoms with E-state index in [0.29, 0.717) is 29.7 Å². The summed E-state index contributed by atoms with van der Waals surface area (Å²) in [7, 11) is 0. The quantitative estimate of drug-likeness (QED) is 0.528. The van der Waals surface area contributed by atoms with Gasteiger partial charge in [0, 0.05) is 5.57 Å². The highest BCUT2D eigenvalue weighted by Crippen LogP contribution is 2.38. The highest BCUT2D eigenvalue weighted by Gasteiger charge is 2.37. The summed E-state index contributed by atoms with van der Waals surface area (Å²) >= 11 is 0. The molecule has 2 nitrogen and oxygen atoms in total. The van der Waals surface area contributed by atoms with Crippen LogP contribution in [0.1, 0.15) is 40.5 Å². The molecule has 4 unspecified atom stereocenters. The minimum atomic E-state index is -0.212. The average Bonchev–Trinajstić information content (AvgIpc) is 2.45. The van der Waals surface area contributed by atoms with Crippen LogP contribution in [0.5, 0.6) is 0 Å². The molecule has 0 aliphatic heterocycles. The van der Waals surface area contributed by atoms with Crippen LogP contribution in [-0.4, -0.2) is 12.1 Å². The maximum atomic E-state index is 11.6. The molecule has 0 amide bonds. The van der Waals surface area contributed by atoms with Crippen LogP contribution in [0.25, 0.3) is 0 Å². The lowest BCUT2D eigenvalue weighted by Gasteiger charge is -2.19. The lowest BCUT2D eigenvalue weighted by atomic mass is 9.94. The third kappa shape index (κ3) is 2.61. The van der Waals surface area contributed by atoms with Crippen molar-refractivity contribution in [2.75, 3.05) is 0 Å². The van der Waals surface area contributed by atoms with Gasteiger partial charge in [0.2, 0.25) is 0 Å². The van der Waals surface area contributed by atoms with Gasteiger partial charge in [-0.2, -0.15) is 0 Å². The van der Waals surface area contributed by atoms with Crippen molar-refractivity contribution in [3.8, 4) is 0 Å². The van der Waals surface area contributed by atoms with E-state index in [1.807, 2.05) is 6.92 Å². The highest BCUT2D eigenvalue weighted by atomic mass is 16.5. The number of ether oxygens (including phenoxy) is 1. The van der Waals surface area contributed by atoms with E-state index >= 15 is 0 Å². The first kappa shape index (κ1) is 12.3. The van der Waals surface area contributed by atoms with Gasteiger partial charge in [-0.3, -0.25) is 0 Å². The monoisotopic (exact) mass is 210 g/mol. The molecule has 1 rings (SSSR count). The molecule has 0 aromatic rings. The number of rotatable bonds is 3. The first-order valence-corrected chi connectivity index (χ1v) is 5.86. The molecule has 0 aromatic carbocycles. The van der Waals surface area contributed by atoms with Crippen molar-refractivity contribution in [3.05, 3.63) is 12.2 Å². The first-order valence-electron chi connectivity index (χ1n) is 5.86. The predicted molar refractivity (Wildman–Crippen MR) is 61.4 cm³/mol. The van der Waals surface area contributed by atoms with E-state index in [-0.39, 0.29) is 12.1 Å². The van der Waals surface area contributed by atoms with Gasteiger partial charge < -0.3 is 4.74 Å². The summed E-state index contributed by atoms with van der Waals surface area (Å²) in [6.45, 7) is 12.3. The van der Waals surface area contributed by atoms with Gasteiger partial charge in [0.05, 0.1) is 0 Å². The van der Waals surface area contributed by atoms with Crippen LogP contribution in [-0.2, 0) is 9.53 Å². The zero-order valence-corrected chi connectivity index (χ0v) is 10.2. The lowest BCUT2D eigenvalue weighted by molar-refractivity contribution is -0.146. The molecule has 1 aliphatic carbocycles. The Hall–Kier alpha value is -0.790. The van der Waals surface area contributed by atoms with Crippen LogP contribution in [0, 0.1) is 17.8 Å². The van der Waals surface area contributed by atoms with E-state index in [1.54, 1.807) is 0 Å². The Morgan fingerprint density at radius 2 is 1.93 bits per heavy atom. The number of esters is 1. The average molecular weight is 210 g/mol. The fourth-order valence-electron chi connectivity index (χ4n) is 2.17. The second kappa shape index (κ2) is 4.82. The van der Waals surface area contributed by atoms with Crippen LogP contribution in [0.3, 0.4) is 0 Å². The minimum absolute atomic E-state index is 0.0887. The van der Waals surface area contributed by atoms with Crippen molar-refractivity contribution in [1.29, 1.82) is 0 Å². The molecule has 1 saturated carbocycles. The van der Waals surface area contributed by atoms with Crippen molar-refractivity contribution >= 4 is 5.97 Å². The lowest BCUT2D eigenvalue weighted by Crippen LogP contribution is -2.23. The summed E-state index contributed by atoms with van der Waals surface area (Å²) in [6.07, 6.45) is 1.75. The highest BCUT2D eigenvalue weighted by molar-refractivity contribution is 5.87. The molecule has 1 aliphatic rings. The van der Waals surface area contributed by atoms with Gasteiger partial charge >= 0.3 is 5.97 Å². The van der Waals surface area contributed by atoms with Gasteiger partial charge in [0.15, 0.2) is 0 Å². The van der Waals surface area contributed by atoms with E-state index in [4.69, 9.17) is 4.74 Å². The van der Waals surface area contributed by atoms with E-state index in [1.165, 1.54) is 0 Å². The Morgan fingerprint density at radius 3 is 2.33 bits per heavy atom. The van der Waals surface area contributed by atoms with E-state index < -0.39 is 0 Å². The van der Waals surface area contributed by atoms with Crippen molar-refractivity contribution < 1.29 is 9.53 Å². The summed E-state index contributed by atoms with van der Waals surface area (Å²) < 4.78 is 5.48. The number of hydrogen-bond acceptors (Lipinski definition) is 2. The second-order valence-electron chi connectivity index (χ2n) is 4.83. The third-order valence-corrected chi connectivity index (χ3v) is 3.89. The molecule has 0 N–H and O–H groups in total. The van der Waals surface area contributed by atoms with E-state index in [2.05, 4.69) is 27.4 Å². The minimum Gasteiger partial charge on any atom is -0.459 e. The van der Waals surface area contributed by atoms with E-state index in [9.17, 15) is 4.79 Å². The van der Waals surface area contributed by atoms with Gasteiger partial charge in [0.25, 0.3) is 0 Å². The summed E-state index contributed by atoms with van der Waals surface area (Å²) in [4.78, 5) is 11.6. The van der Waals surface area contributed by atoms with Crippen LogP contribution < -0.4 is 0 Å². The van der Waals surface area contributed by atoms with Crippen LogP contribution in [0.15, 0.2) is 12.2 Å². The molecule has 0 spiro atoms. The molecule has 2 heteroatoms. The summed E-state index contributed by atoms with van der Waals surface area (Å²) in [6, 6.07) is 0. The van der Waals surface area contributed by atoms with Crippen molar-refractivity contribution in [2.24, 2.45) is 17.8 Å². The second-order valence-corrected chi connectivity index (χ2v) is 4.83. The molecular formula is C13H22O2. The Kier molecular flexibility index (Phi) is 3.95. The maximum Gasteiger partial charge on any atom is 0.333 e. The molecule has 0 saturated heterocycles. The molecular weight excluding hydrogens is 188 g/mol. The topological polar surface area (TPSA) is 26.3 Å². The van der Waals surface area contributed by atoms with Crippen molar-refractivity contribution in [2.45, 2.75) is 46.6 Å². The molecule has 15 heavy (non-hydrogen) atoms. The van der Waals surface area contributed by atoms with Crippen molar-refractivity contribution in [1.82, 2.24) is 0 Å². The zero-order valence-electron chi connectivity index (χ0n) is 10.2. The SMILES string of the molecule is C=C(CC)C(=O)OC1CC(C)C(C)C1C. The summed E-state index contributed by atoms with van der Waals surface area (Å²) in [5, 5.41) is 0. The predicted octanol–water partition coefficient (Wildman–Crippen LogP) is 3.18. The molecule has 0 heterocycles. The molecule has 86 valence electrons. The number of carbonyl (C=O) groups is 1. The molecule has 0 radical (unpaired) electrons. The molecule has 4 atom stereocenters. The summed E-state index contributed by atoms with van der Waals surface area (Å²) in [5.74, 6) is 1.54. The van der Waals surface area contributed by atoms with Gasteiger partial charge in [0.1, 0.15) is 6.10 Å². The number of carbonyl (C=O) groups excluding carboxylic acids is 1. The Balaban J connectivity index is 2.53. The smallest absolute Gasteiger partial charge is 0.333 e. The largest absolute Gasteiger partial charge is 0.459 e. The first-order chi connectivity index (χ1) is 6.97. The zero-order chi connectivity index (χ0) is 11.6. The van der Waals surface area contributed by atoms with Gasteiger partial charge in [-0.1, -0.05) is 34.3 Å². The maximum absolute atomic E-state index is 11.6. The van der Waals surface area contributed by atoms with Gasteiger partial charge in [-0.25, -0.2) is 4.79 Å². The summed E-state index contributed by atoms with van der Waals surface area (Å²) in [5.41, 5.74) is 0.578. The van der Waals surface area contributed by atoms with Gasteiger partial charge in [-0.15, -0.1) is 0 Å². The molecule has 0 aromatic heterocycles. The molecule has 0 bridgehead atoms. The third-order valence-electron chi connectivity index (χ3n) is 3.89. The fourth-order valence-corrected chi connectivity index (χ4v) is 2.17. The Morgan fingerprint density at radius 1 is 1.33 bits per heavy atom. The van der Waals surface area contributed by atoms with Crippen LogP contribution >= 0.6 is 0 Å².